The predicted octanol–water partition coefficient (Wildman–Crippen LogP) is 5.52. The molecule has 0 aliphatic heterocycles. The summed E-state index contributed by atoms with van der Waals surface area (Å²) in [4.78, 5) is 0.231. The van der Waals surface area contributed by atoms with E-state index in [1.807, 2.05) is 19.2 Å². The van der Waals surface area contributed by atoms with E-state index in [1.54, 1.807) is 12.1 Å². The van der Waals surface area contributed by atoms with Crippen molar-refractivity contribution in [2.45, 2.75) is 82.1 Å². The molecular formula is C21H34N4O2S2. The highest BCUT2D eigenvalue weighted by molar-refractivity contribution is 7.93. The molecule has 8 heteroatoms. The normalized spacial score (nSPS) is 12.8. The monoisotopic (exact) mass is 438 g/mol. The number of hydrogen-bond acceptors (Lipinski definition) is 6. The van der Waals surface area contributed by atoms with Gasteiger partial charge in [-0.2, -0.15) is 0 Å². The second kappa shape index (κ2) is 12.9. The van der Waals surface area contributed by atoms with Crippen molar-refractivity contribution in [2.24, 2.45) is 0 Å². The molecule has 0 saturated heterocycles. The number of rotatable bonds is 15. The number of benzene rings is 1. The van der Waals surface area contributed by atoms with Gasteiger partial charge in [-0.3, -0.25) is 4.72 Å². The lowest BCUT2D eigenvalue weighted by atomic mass is 9.99. The van der Waals surface area contributed by atoms with Gasteiger partial charge in [-0.25, -0.2) is 8.42 Å². The van der Waals surface area contributed by atoms with Crippen LogP contribution in [0.25, 0.3) is 0 Å². The third kappa shape index (κ3) is 8.40. The number of sulfonamides is 1. The standard InChI is InChI=1S/C21H34N4O2S2/c1-3-4-5-6-7-8-9-10-11-12-20(22-2)18-13-15-19(16-14-18)29(26,27)25-21-24-23-17-28-21/h13-17,20,22H,3-12H2,1-2H3,(H,24,25). The molecule has 1 unspecified atom stereocenters. The van der Waals surface area contributed by atoms with Gasteiger partial charge < -0.3 is 5.32 Å². The molecular weight excluding hydrogens is 404 g/mol. The smallest absolute Gasteiger partial charge is 0.263 e. The first-order chi connectivity index (χ1) is 14.1. The highest BCUT2D eigenvalue weighted by Crippen LogP contribution is 2.23. The Kier molecular flexibility index (Phi) is 10.6. The molecule has 0 saturated carbocycles. The third-order valence-electron chi connectivity index (χ3n) is 5.12. The molecule has 1 heterocycles. The zero-order valence-corrected chi connectivity index (χ0v) is 19.2. The average molecular weight is 439 g/mol. The van der Waals surface area contributed by atoms with Crippen LogP contribution >= 0.6 is 11.3 Å². The fourth-order valence-electron chi connectivity index (χ4n) is 3.41. The Morgan fingerprint density at radius 2 is 1.59 bits per heavy atom. The van der Waals surface area contributed by atoms with Gasteiger partial charge in [-0.15, -0.1) is 10.2 Å². The van der Waals surface area contributed by atoms with Crippen LogP contribution in [-0.4, -0.2) is 25.7 Å². The van der Waals surface area contributed by atoms with Crippen LogP contribution in [0.4, 0.5) is 5.13 Å². The molecule has 1 atom stereocenters. The summed E-state index contributed by atoms with van der Waals surface area (Å²) in [6, 6.07) is 7.33. The fraction of sp³-hybridized carbons (Fsp3) is 0.619. The number of aromatic nitrogens is 2. The maximum atomic E-state index is 12.4. The van der Waals surface area contributed by atoms with Gasteiger partial charge in [0.05, 0.1) is 4.90 Å². The van der Waals surface area contributed by atoms with Crippen LogP contribution in [0.15, 0.2) is 34.7 Å². The van der Waals surface area contributed by atoms with Crippen LogP contribution in [0.1, 0.15) is 82.7 Å². The lowest BCUT2D eigenvalue weighted by Crippen LogP contribution is -2.17. The largest absolute Gasteiger partial charge is 0.313 e. The van der Waals surface area contributed by atoms with E-state index in [9.17, 15) is 8.42 Å². The number of nitrogens with zero attached hydrogens (tertiary/aromatic N) is 2. The summed E-state index contributed by atoms with van der Waals surface area (Å²) in [6.45, 7) is 2.25. The van der Waals surface area contributed by atoms with Crippen LogP contribution in [0.3, 0.4) is 0 Å². The molecule has 0 radical (unpaired) electrons. The molecule has 0 spiro atoms. The highest BCUT2D eigenvalue weighted by atomic mass is 32.2. The van der Waals surface area contributed by atoms with E-state index in [4.69, 9.17) is 0 Å². The highest BCUT2D eigenvalue weighted by Gasteiger charge is 2.17. The van der Waals surface area contributed by atoms with Crippen LogP contribution in [0.5, 0.6) is 0 Å². The molecule has 6 nitrogen and oxygen atoms in total. The summed E-state index contributed by atoms with van der Waals surface area (Å²) >= 11 is 1.15. The summed E-state index contributed by atoms with van der Waals surface area (Å²) in [7, 11) is -1.67. The molecule has 0 bridgehead atoms. The van der Waals surface area contributed by atoms with Crippen LogP contribution in [0, 0.1) is 0 Å². The number of unbranched alkanes of at least 4 members (excludes halogenated alkanes) is 8. The number of anilines is 1. The molecule has 2 rings (SSSR count). The minimum absolute atomic E-state index is 0.231. The van der Waals surface area contributed by atoms with Crippen LogP contribution < -0.4 is 10.0 Å². The molecule has 29 heavy (non-hydrogen) atoms. The zero-order chi connectivity index (χ0) is 21.0. The van der Waals surface area contributed by atoms with Crippen molar-refractivity contribution in [1.29, 1.82) is 0 Å². The Morgan fingerprint density at radius 3 is 2.14 bits per heavy atom. The first-order valence-corrected chi connectivity index (χ1v) is 13.0. The van der Waals surface area contributed by atoms with Gasteiger partial charge in [0, 0.05) is 6.04 Å². The van der Waals surface area contributed by atoms with Gasteiger partial charge in [0.1, 0.15) is 5.51 Å². The number of nitrogens with one attached hydrogen (secondary N) is 2. The minimum atomic E-state index is -3.63. The van der Waals surface area contributed by atoms with E-state index >= 15 is 0 Å². The molecule has 0 aliphatic rings. The topological polar surface area (TPSA) is 84.0 Å². The third-order valence-corrected chi connectivity index (χ3v) is 7.21. The molecule has 162 valence electrons. The van der Waals surface area contributed by atoms with E-state index in [0.717, 1.165) is 23.3 Å². The Labute approximate surface area is 179 Å². The summed E-state index contributed by atoms with van der Waals surface area (Å²) in [6.07, 6.45) is 12.9. The maximum Gasteiger partial charge on any atom is 0.263 e. The Morgan fingerprint density at radius 1 is 0.966 bits per heavy atom. The van der Waals surface area contributed by atoms with Crippen molar-refractivity contribution in [3.05, 3.63) is 35.3 Å². The maximum absolute atomic E-state index is 12.4. The van der Waals surface area contributed by atoms with E-state index in [-0.39, 0.29) is 16.1 Å². The predicted molar refractivity (Wildman–Crippen MR) is 121 cm³/mol. The lowest BCUT2D eigenvalue weighted by Gasteiger charge is -2.17. The minimum Gasteiger partial charge on any atom is -0.313 e. The van der Waals surface area contributed by atoms with Crippen molar-refractivity contribution in [3.8, 4) is 0 Å². The zero-order valence-electron chi connectivity index (χ0n) is 17.6. The van der Waals surface area contributed by atoms with E-state index in [2.05, 4.69) is 27.2 Å². The van der Waals surface area contributed by atoms with Crippen molar-refractivity contribution < 1.29 is 8.42 Å². The quantitative estimate of drug-likeness (QED) is 0.358. The van der Waals surface area contributed by atoms with E-state index in [1.165, 1.54) is 63.3 Å². The van der Waals surface area contributed by atoms with Crippen molar-refractivity contribution in [2.75, 3.05) is 11.8 Å². The second-order valence-electron chi connectivity index (χ2n) is 7.38. The molecule has 2 N–H and O–H groups in total. The molecule has 0 fully saturated rings. The Balaban J connectivity index is 1.76. The SMILES string of the molecule is CCCCCCCCCCCC(NC)c1ccc(S(=O)(=O)Nc2nncs2)cc1. The van der Waals surface area contributed by atoms with Crippen molar-refractivity contribution >= 4 is 26.5 Å². The first-order valence-electron chi connectivity index (χ1n) is 10.6. The lowest BCUT2D eigenvalue weighted by molar-refractivity contribution is 0.493. The fourth-order valence-corrected chi connectivity index (χ4v) is 5.10. The van der Waals surface area contributed by atoms with Gasteiger partial charge in [-0.1, -0.05) is 88.2 Å². The van der Waals surface area contributed by atoms with Crippen LogP contribution in [0.2, 0.25) is 0 Å². The van der Waals surface area contributed by atoms with Gasteiger partial charge >= 0.3 is 0 Å². The van der Waals surface area contributed by atoms with Gasteiger partial charge in [0.2, 0.25) is 5.13 Å². The van der Waals surface area contributed by atoms with Gasteiger partial charge in [0.25, 0.3) is 10.0 Å². The Hall–Kier alpha value is -1.51. The summed E-state index contributed by atoms with van der Waals surface area (Å²) in [5.41, 5.74) is 2.60. The van der Waals surface area contributed by atoms with E-state index in [0.29, 0.717) is 0 Å². The van der Waals surface area contributed by atoms with Gasteiger partial charge in [0.15, 0.2) is 0 Å². The van der Waals surface area contributed by atoms with Crippen molar-refractivity contribution in [3.63, 3.8) is 0 Å². The molecule has 1 aromatic heterocycles. The van der Waals surface area contributed by atoms with Gasteiger partial charge in [-0.05, 0) is 31.2 Å². The summed E-state index contributed by atoms with van der Waals surface area (Å²) in [5, 5.41) is 11.0. The molecule has 2 aromatic rings. The van der Waals surface area contributed by atoms with Crippen molar-refractivity contribution in [1.82, 2.24) is 15.5 Å². The molecule has 1 aromatic carbocycles. The molecule has 0 amide bonds. The summed E-state index contributed by atoms with van der Waals surface area (Å²) < 4.78 is 27.3. The summed E-state index contributed by atoms with van der Waals surface area (Å²) in [5.74, 6) is 0. The average Bonchev–Trinajstić information content (AvgIpc) is 3.22. The molecule has 0 aliphatic carbocycles. The first kappa shape index (κ1) is 23.8. The van der Waals surface area contributed by atoms with E-state index < -0.39 is 10.0 Å². The second-order valence-corrected chi connectivity index (χ2v) is 9.89. The Bertz CT molecular complexity index is 778. The number of hydrogen-bond donors (Lipinski definition) is 2. The van der Waals surface area contributed by atoms with Crippen LogP contribution in [-0.2, 0) is 10.0 Å².